The molecule has 5 nitrogen and oxygen atoms in total. The van der Waals surface area contributed by atoms with Crippen LogP contribution in [0.3, 0.4) is 0 Å². The lowest BCUT2D eigenvalue weighted by atomic mass is 9.98. The molecule has 1 rings (SSSR count). The van der Waals surface area contributed by atoms with Gasteiger partial charge in [-0.05, 0) is 47.5 Å². The van der Waals surface area contributed by atoms with Gasteiger partial charge in [-0.2, -0.15) is 0 Å². The first-order chi connectivity index (χ1) is 7.91. The standard InChI is InChI=1S/C12H25N3O2/c1-13-12(11(16)17)6-5-10(9-12)15(4)8-7-14(2)3/h10,13H,5-9H2,1-4H3,(H,16,17). The molecule has 2 atom stereocenters. The van der Waals surface area contributed by atoms with Crippen LogP contribution >= 0.6 is 0 Å². The maximum absolute atomic E-state index is 11.3. The van der Waals surface area contributed by atoms with Gasteiger partial charge in [0.1, 0.15) is 5.54 Å². The summed E-state index contributed by atoms with van der Waals surface area (Å²) >= 11 is 0. The van der Waals surface area contributed by atoms with Crippen molar-refractivity contribution in [2.45, 2.75) is 30.8 Å². The highest BCUT2D eigenvalue weighted by molar-refractivity contribution is 5.79. The third-order valence-corrected chi connectivity index (χ3v) is 3.90. The van der Waals surface area contributed by atoms with Crippen molar-refractivity contribution in [2.24, 2.45) is 0 Å². The zero-order valence-electron chi connectivity index (χ0n) is 11.4. The summed E-state index contributed by atoms with van der Waals surface area (Å²) in [5, 5.41) is 12.3. The Balaban J connectivity index is 2.51. The minimum absolute atomic E-state index is 0.374. The quantitative estimate of drug-likeness (QED) is 0.692. The Bertz CT molecular complexity index is 270. The summed E-state index contributed by atoms with van der Waals surface area (Å²) in [5.41, 5.74) is -0.711. The van der Waals surface area contributed by atoms with Gasteiger partial charge in [0.15, 0.2) is 0 Å². The smallest absolute Gasteiger partial charge is 0.323 e. The number of carbonyl (C=O) groups is 1. The lowest BCUT2D eigenvalue weighted by molar-refractivity contribution is -0.144. The summed E-state index contributed by atoms with van der Waals surface area (Å²) in [4.78, 5) is 15.7. The summed E-state index contributed by atoms with van der Waals surface area (Å²) < 4.78 is 0. The monoisotopic (exact) mass is 243 g/mol. The van der Waals surface area contributed by atoms with Crippen LogP contribution < -0.4 is 5.32 Å². The molecule has 0 aromatic carbocycles. The molecule has 0 saturated heterocycles. The molecule has 1 aliphatic rings. The Kier molecular flexibility index (Phi) is 4.91. The van der Waals surface area contributed by atoms with Gasteiger partial charge in [0.05, 0.1) is 0 Å². The molecule has 100 valence electrons. The molecule has 0 radical (unpaired) electrons. The number of nitrogens with zero attached hydrogens (tertiary/aromatic N) is 2. The molecule has 17 heavy (non-hydrogen) atoms. The molecule has 0 spiro atoms. The molecule has 2 unspecified atom stereocenters. The van der Waals surface area contributed by atoms with E-state index in [0.717, 1.165) is 25.9 Å². The highest BCUT2D eigenvalue weighted by Crippen LogP contribution is 2.32. The van der Waals surface area contributed by atoms with E-state index in [1.54, 1.807) is 7.05 Å². The first-order valence-corrected chi connectivity index (χ1v) is 6.18. The average molecular weight is 243 g/mol. The molecule has 0 amide bonds. The van der Waals surface area contributed by atoms with Gasteiger partial charge < -0.3 is 20.2 Å². The van der Waals surface area contributed by atoms with Crippen LogP contribution in [0.5, 0.6) is 0 Å². The van der Waals surface area contributed by atoms with Gasteiger partial charge >= 0.3 is 5.97 Å². The van der Waals surface area contributed by atoms with Crippen molar-refractivity contribution in [3.8, 4) is 0 Å². The van der Waals surface area contributed by atoms with E-state index in [4.69, 9.17) is 0 Å². The van der Waals surface area contributed by atoms with Crippen LogP contribution in [0.15, 0.2) is 0 Å². The van der Waals surface area contributed by atoms with Crippen LogP contribution in [-0.2, 0) is 4.79 Å². The summed E-state index contributed by atoms with van der Waals surface area (Å²) in [7, 11) is 7.94. The highest BCUT2D eigenvalue weighted by Gasteiger charge is 2.45. The van der Waals surface area contributed by atoms with Crippen molar-refractivity contribution < 1.29 is 9.90 Å². The number of rotatable bonds is 6. The second kappa shape index (κ2) is 5.80. The molecule has 2 N–H and O–H groups in total. The Hall–Kier alpha value is -0.650. The molecule has 1 saturated carbocycles. The van der Waals surface area contributed by atoms with E-state index in [9.17, 15) is 9.90 Å². The maximum atomic E-state index is 11.3. The molecular formula is C12H25N3O2. The van der Waals surface area contributed by atoms with Gasteiger partial charge in [0.2, 0.25) is 0 Å². The van der Waals surface area contributed by atoms with Crippen LogP contribution in [0.2, 0.25) is 0 Å². The van der Waals surface area contributed by atoms with E-state index in [2.05, 4.69) is 36.3 Å². The van der Waals surface area contributed by atoms with E-state index < -0.39 is 11.5 Å². The summed E-state index contributed by atoms with van der Waals surface area (Å²) in [5.74, 6) is -0.719. The number of carboxylic acid groups (broad SMARTS) is 1. The van der Waals surface area contributed by atoms with E-state index in [1.807, 2.05) is 0 Å². The van der Waals surface area contributed by atoms with Crippen molar-refractivity contribution in [3.05, 3.63) is 0 Å². The second-order valence-corrected chi connectivity index (χ2v) is 5.32. The maximum Gasteiger partial charge on any atom is 0.323 e. The number of aliphatic carboxylic acids is 1. The van der Waals surface area contributed by atoms with Crippen LogP contribution in [0.25, 0.3) is 0 Å². The van der Waals surface area contributed by atoms with E-state index in [-0.39, 0.29) is 0 Å². The minimum atomic E-state index is -0.719. The van der Waals surface area contributed by atoms with Gasteiger partial charge in [0, 0.05) is 19.1 Å². The van der Waals surface area contributed by atoms with E-state index >= 15 is 0 Å². The Labute approximate surface area is 104 Å². The lowest BCUT2D eigenvalue weighted by Crippen LogP contribution is -2.49. The van der Waals surface area contributed by atoms with Crippen LogP contribution in [0, 0.1) is 0 Å². The van der Waals surface area contributed by atoms with Crippen molar-refractivity contribution >= 4 is 5.97 Å². The number of carboxylic acids is 1. The predicted octanol–water partition coefficient (Wildman–Crippen LogP) is 0.0751. The van der Waals surface area contributed by atoms with E-state index in [0.29, 0.717) is 12.5 Å². The second-order valence-electron chi connectivity index (χ2n) is 5.32. The van der Waals surface area contributed by atoms with Gasteiger partial charge in [-0.3, -0.25) is 4.79 Å². The summed E-state index contributed by atoms with van der Waals surface area (Å²) in [6.45, 7) is 1.99. The molecule has 0 aliphatic heterocycles. The number of hydrogen-bond acceptors (Lipinski definition) is 4. The van der Waals surface area contributed by atoms with Crippen molar-refractivity contribution in [2.75, 3.05) is 41.3 Å². The fraction of sp³-hybridized carbons (Fsp3) is 0.917. The average Bonchev–Trinajstić information content (AvgIpc) is 2.71. The van der Waals surface area contributed by atoms with Gasteiger partial charge in [-0.1, -0.05) is 0 Å². The number of nitrogens with one attached hydrogen (secondary N) is 1. The molecule has 1 aliphatic carbocycles. The fourth-order valence-corrected chi connectivity index (χ4v) is 2.46. The SMILES string of the molecule is CNC1(C(=O)O)CCC(N(C)CCN(C)C)C1. The predicted molar refractivity (Wildman–Crippen MR) is 68.2 cm³/mol. The Morgan fingerprint density at radius 1 is 1.41 bits per heavy atom. The number of likely N-dealkylation sites (N-methyl/N-ethyl adjacent to an activating group) is 3. The zero-order valence-corrected chi connectivity index (χ0v) is 11.4. The fourth-order valence-electron chi connectivity index (χ4n) is 2.46. The highest BCUT2D eigenvalue weighted by atomic mass is 16.4. The Morgan fingerprint density at radius 3 is 2.47 bits per heavy atom. The summed E-state index contributed by atoms with van der Waals surface area (Å²) in [6.07, 6.45) is 2.37. The molecular weight excluding hydrogens is 218 g/mol. The number of hydrogen-bond donors (Lipinski definition) is 2. The topological polar surface area (TPSA) is 55.8 Å². The molecule has 5 heteroatoms. The first-order valence-electron chi connectivity index (χ1n) is 6.18. The van der Waals surface area contributed by atoms with Crippen molar-refractivity contribution in [3.63, 3.8) is 0 Å². The largest absolute Gasteiger partial charge is 0.480 e. The van der Waals surface area contributed by atoms with Crippen LogP contribution in [-0.4, -0.2) is 73.7 Å². The lowest BCUT2D eigenvalue weighted by Gasteiger charge is -2.28. The van der Waals surface area contributed by atoms with Crippen molar-refractivity contribution in [1.82, 2.24) is 15.1 Å². The molecule has 0 heterocycles. The third kappa shape index (κ3) is 3.40. The third-order valence-electron chi connectivity index (χ3n) is 3.90. The van der Waals surface area contributed by atoms with Gasteiger partial charge in [0.25, 0.3) is 0 Å². The Morgan fingerprint density at radius 2 is 2.06 bits per heavy atom. The zero-order chi connectivity index (χ0) is 13.1. The van der Waals surface area contributed by atoms with Crippen molar-refractivity contribution in [1.29, 1.82) is 0 Å². The summed E-state index contributed by atoms with van der Waals surface area (Å²) in [6, 6.07) is 0.374. The molecule has 0 aromatic heterocycles. The molecule has 0 aromatic rings. The minimum Gasteiger partial charge on any atom is -0.480 e. The van der Waals surface area contributed by atoms with Gasteiger partial charge in [-0.15, -0.1) is 0 Å². The normalized spacial score (nSPS) is 29.2. The van der Waals surface area contributed by atoms with Crippen LogP contribution in [0.4, 0.5) is 0 Å². The first kappa shape index (κ1) is 14.4. The van der Waals surface area contributed by atoms with Gasteiger partial charge in [-0.25, -0.2) is 0 Å². The van der Waals surface area contributed by atoms with Crippen LogP contribution in [0.1, 0.15) is 19.3 Å². The van der Waals surface area contributed by atoms with E-state index in [1.165, 1.54) is 0 Å². The molecule has 0 bridgehead atoms. The molecule has 1 fully saturated rings.